The maximum absolute atomic E-state index is 6.56. The van der Waals surface area contributed by atoms with Gasteiger partial charge in [0.05, 0.1) is 35.2 Å². The summed E-state index contributed by atoms with van der Waals surface area (Å²) in [4.78, 5) is 19.0. The molecule has 9 heteroatoms. The molecule has 6 rings (SSSR count). The highest BCUT2D eigenvalue weighted by atomic mass is 16.5. The zero-order chi connectivity index (χ0) is 26.2. The van der Waals surface area contributed by atoms with E-state index in [0.29, 0.717) is 29.5 Å². The number of benzene rings is 2. The standard InChI is InChI=1S/C29H36N8O/c1-35(2)19-12-15-36(16-13-19)26-18-27(38-3)24(17-21(26)30)34-29-31-14-11-23(33-29)28-32-22-9-4-5-10-25(22)37(28)20-7-6-8-20/h4-5,9-11,14,17-20H,6-8,12-13,15-16,30H2,1-3H3,(H,31,33,34). The fourth-order valence-electron chi connectivity index (χ4n) is 5.65. The third-order valence-electron chi connectivity index (χ3n) is 8.05. The molecule has 198 valence electrons. The Morgan fingerprint density at radius 2 is 1.82 bits per heavy atom. The summed E-state index contributed by atoms with van der Waals surface area (Å²) < 4.78 is 8.11. The molecule has 1 saturated heterocycles. The van der Waals surface area contributed by atoms with E-state index in [1.165, 1.54) is 19.3 Å². The van der Waals surface area contributed by atoms with Crippen molar-refractivity contribution in [2.45, 2.75) is 44.2 Å². The number of rotatable bonds is 7. The second-order valence-corrected chi connectivity index (χ2v) is 10.6. The third kappa shape index (κ3) is 4.51. The van der Waals surface area contributed by atoms with Crippen molar-refractivity contribution >= 4 is 34.0 Å². The Kier molecular flexibility index (Phi) is 6.53. The Balaban J connectivity index is 1.28. The van der Waals surface area contributed by atoms with Gasteiger partial charge < -0.3 is 30.2 Å². The summed E-state index contributed by atoms with van der Waals surface area (Å²) in [6, 6.07) is 15.2. The van der Waals surface area contributed by atoms with Crippen molar-refractivity contribution in [3.63, 3.8) is 0 Å². The van der Waals surface area contributed by atoms with Crippen molar-refractivity contribution in [1.29, 1.82) is 0 Å². The number of nitrogens with one attached hydrogen (secondary N) is 1. The van der Waals surface area contributed by atoms with Gasteiger partial charge in [-0.15, -0.1) is 0 Å². The van der Waals surface area contributed by atoms with Crippen LogP contribution in [0.3, 0.4) is 0 Å². The van der Waals surface area contributed by atoms with Gasteiger partial charge in [0.25, 0.3) is 0 Å². The molecule has 1 aliphatic heterocycles. The van der Waals surface area contributed by atoms with Crippen LogP contribution in [0.4, 0.5) is 23.0 Å². The number of anilines is 4. The lowest BCUT2D eigenvalue weighted by Gasteiger charge is -2.37. The Labute approximate surface area is 223 Å². The number of hydrogen-bond donors (Lipinski definition) is 2. The van der Waals surface area contributed by atoms with Gasteiger partial charge in [0.15, 0.2) is 5.82 Å². The molecular formula is C29H36N8O. The van der Waals surface area contributed by atoms with Crippen LogP contribution < -0.4 is 20.7 Å². The van der Waals surface area contributed by atoms with Gasteiger partial charge in [0.1, 0.15) is 11.4 Å². The van der Waals surface area contributed by atoms with Crippen molar-refractivity contribution < 1.29 is 4.74 Å². The van der Waals surface area contributed by atoms with Crippen molar-refractivity contribution in [2.24, 2.45) is 0 Å². The molecule has 1 saturated carbocycles. The molecule has 2 fully saturated rings. The Morgan fingerprint density at radius 3 is 2.53 bits per heavy atom. The first kappa shape index (κ1) is 24.5. The van der Waals surface area contributed by atoms with Crippen LogP contribution in [0.2, 0.25) is 0 Å². The maximum Gasteiger partial charge on any atom is 0.227 e. The number of para-hydroxylation sites is 2. The minimum absolute atomic E-state index is 0.457. The van der Waals surface area contributed by atoms with Gasteiger partial charge in [-0.2, -0.15) is 0 Å². The summed E-state index contributed by atoms with van der Waals surface area (Å²) in [6.07, 6.45) is 7.58. The molecule has 0 atom stereocenters. The number of aromatic nitrogens is 4. The predicted molar refractivity (Wildman–Crippen MR) is 153 cm³/mol. The first-order valence-corrected chi connectivity index (χ1v) is 13.5. The monoisotopic (exact) mass is 512 g/mol. The zero-order valence-corrected chi connectivity index (χ0v) is 22.4. The number of methoxy groups -OCH3 is 1. The van der Waals surface area contributed by atoms with E-state index in [1.807, 2.05) is 24.3 Å². The third-order valence-corrected chi connectivity index (χ3v) is 8.05. The zero-order valence-electron chi connectivity index (χ0n) is 22.4. The van der Waals surface area contributed by atoms with Gasteiger partial charge in [-0.05, 0) is 70.5 Å². The summed E-state index contributed by atoms with van der Waals surface area (Å²) in [5.41, 5.74) is 11.9. The number of nitrogens with zero attached hydrogens (tertiary/aromatic N) is 6. The lowest BCUT2D eigenvalue weighted by atomic mass is 9.92. The molecule has 38 heavy (non-hydrogen) atoms. The van der Waals surface area contributed by atoms with E-state index in [1.54, 1.807) is 13.3 Å². The summed E-state index contributed by atoms with van der Waals surface area (Å²) in [7, 11) is 5.98. The van der Waals surface area contributed by atoms with E-state index in [4.69, 9.17) is 20.4 Å². The van der Waals surface area contributed by atoms with Crippen molar-refractivity contribution in [3.05, 3.63) is 48.7 Å². The fourth-order valence-corrected chi connectivity index (χ4v) is 5.65. The molecule has 9 nitrogen and oxygen atoms in total. The van der Waals surface area contributed by atoms with Crippen molar-refractivity contribution in [2.75, 3.05) is 50.2 Å². The summed E-state index contributed by atoms with van der Waals surface area (Å²) in [5, 5.41) is 3.35. The summed E-state index contributed by atoms with van der Waals surface area (Å²) in [6.45, 7) is 1.94. The topological polar surface area (TPSA) is 97.4 Å². The lowest BCUT2D eigenvalue weighted by Crippen LogP contribution is -2.42. The molecule has 0 bridgehead atoms. The van der Waals surface area contributed by atoms with Gasteiger partial charge in [0, 0.05) is 37.4 Å². The van der Waals surface area contributed by atoms with Crippen LogP contribution in [0.25, 0.3) is 22.6 Å². The second-order valence-electron chi connectivity index (χ2n) is 10.6. The van der Waals surface area contributed by atoms with Crippen molar-refractivity contribution in [1.82, 2.24) is 24.4 Å². The molecule has 2 aromatic carbocycles. The molecule has 2 aromatic heterocycles. The second kappa shape index (κ2) is 10.1. The van der Waals surface area contributed by atoms with E-state index in [0.717, 1.165) is 59.9 Å². The van der Waals surface area contributed by atoms with Gasteiger partial charge in [-0.1, -0.05) is 12.1 Å². The van der Waals surface area contributed by atoms with Gasteiger partial charge in [-0.25, -0.2) is 15.0 Å². The largest absolute Gasteiger partial charge is 0.494 e. The highest BCUT2D eigenvalue weighted by molar-refractivity contribution is 5.81. The molecule has 3 N–H and O–H groups in total. The Bertz CT molecular complexity index is 1440. The quantitative estimate of drug-likeness (QED) is 0.331. The molecule has 0 spiro atoms. The lowest BCUT2D eigenvalue weighted by molar-refractivity contribution is 0.249. The van der Waals surface area contributed by atoms with Crippen LogP contribution in [0, 0.1) is 0 Å². The van der Waals surface area contributed by atoms with Crippen LogP contribution in [0.5, 0.6) is 5.75 Å². The predicted octanol–water partition coefficient (Wildman–Crippen LogP) is 5.08. The number of ether oxygens (including phenoxy) is 1. The van der Waals surface area contributed by atoms with Gasteiger partial charge in [0.2, 0.25) is 5.95 Å². The molecule has 4 aromatic rings. The van der Waals surface area contributed by atoms with Crippen LogP contribution in [0.15, 0.2) is 48.7 Å². The Morgan fingerprint density at radius 1 is 1.03 bits per heavy atom. The molecular weight excluding hydrogens is 476 g/mol. The number of piperidine rings is 1. The molecule has 3 heterocycles. The minimum Gasteiger partial charge on any atom is -0.494 e. The molecule has 0 unspecified atom stereocenters. The van der Waals surface area contributed by atoms with E-state index >= 15 is 0 Å². The van der Waals surface area contributed by atoms with E-state index in [2.05, 4.69) is 57.0 Å². The smallest absolute Gasteiger partial charge is 0.227 e. The average Bonchev–Trinajstić information content (AvgIpc) is 3.27. The number of hydrogen-bond acceptors (Lipinski definition) is 8. The molecule has 0 amide bonds. The first-order chi connectivity index (χ1) is 18.5. The van der Waals surface area contributed by atoms with Crippen molar-refractivity contribution in [3.8, 4) is 17.3 Å². The van der Waals surface area contributed by atoms with Gasteiger partial charge in [-0.3, -0.25) is 0 Å². The number of fused-ring (bicyclic) bond motifs is 1. The average molecular weight is 513 g/mol. The number of nitrogen functional groups attached to an aromatic ring is 1. The minimum atomic E-state index is 0.457. The van der Waals surface area contributed by atoms with E-state index in [9.17, 15) is 0 Å². The fraction of sp³-hybridized carbons (Fsp3) is 0.414. The van der Waals surface area contributed by atoms with E-state index < -0.39 is 0 Å². The van der Waals surface area contributed by atoms with Crippen LogP contribution in [-0.2, 0) is 0 Å². The highest BCUT2D eigenvalue weighted by Crippen LogP contribution is 2.39. The molecule has 2 aliphatic rings. The highest BCUT2D eigenvalue weighted by Gasteiger charge is 2.26. The summed E-state index contributed by atoms with van der Waals surface area (Å²) in [5.74, 6) is 2.07. The number of nitrogens with two attached hydrogens (primary N) is 1. The van der Waals surface area contributed by atoms with E-state index in [-0.39, 0.29) is 0 Å². The normalized spacial score (nSPS) is 16.7. The molecule has 0 radical (unpaired) electrons. The Hall–Kier alpha value is -3.85. The maximum atomic E-state index is 6.56. The first-order valence-electron chi connectivity index (χ1n) is 13.5. The molecule has 1 aliphatic carbocycles. The summed E-state index contributed by atoms with van der Waals surface area (Å²) >= 11 is 0. The number of imidazole rings is 1. The van der Waals surface area contributed by atoms with Crippen LogP contribution >= 0.6 is 0 Å². The van der Waals surface area contributed by atoms with Crippen LogP contribution in [-0.4, -0.2) is 64.8 Å². The van der Waals surface area contributed by atoms with Gasteiger partial charge >= 0.3 is 0 Å². The SMILES string of the molecule is COc1cc(N2CCC(N(C)C)CC2)c(N)cc1Nc1nccc(-c2nc3ccccc3n2C2CCC2)n1. The van der Waals surface area contributed by atoms with Crippen LogP contribution in [0.1, 0.15) is 38.1 Å².